The molecule has 1 heteroatoms. The standard InChI is InChI=1S/C12H15N/c1-9-8-12-6-5-11(10(9)2)4-3-7-13-12/h3-7,9,12H,8H2,1-2H3. The summed E-state index contributed by atoms with van der Waals surface area (Å²) >= 11 is 0. The third kappa shape index (κ3) is 1.64. The lowest BCUT2D eigenvalue weighted by molar-refractivity contribution is 0.575. The molecule has 0 aromatic carbocycles. The van der Waals surface area contributed by atoms with Crippen LogP contribution in [0.3, 0.4) is 0 Å². The van der Waals surface area contributed by atoms with Gasteiger partial charge in [0.05, 0.1) is 6.04 Å². The van der Waals surface area contributed by atoms with Gasteiger partial charge >= 0.3 is 0 Å². The van der Waals surface area contributed by atoms with E-state index in [0.717, 1.165) is 6.42 Å². The minimum absolute atomic E-state index is 0.382. The van der Waals surface area contributed by atoms with Crippen molar-refractivity contribution in [3.63, 3.8) is 0 Å². The fourth-order valence-corrected chi connectivity index (χ4v) is 1.85. The molecule has 1 aliphatic carbocycles. The van der Waals surface area contributed by atoms with E-state index in [2.05, 4.69) is 37.1 Å². The van der Waals surface area contributed by atoms with Crippen molar-refractivity contribution >= 4 is 6.21 Å². The number of nitrogens with zero attached hydrogens (tertiary/aromatic N) is 1. The van der Waals surface area contributed by atoms with E-state index in [0.29, 0.717) is 12.0 Å². The number of allylic oxidation sites excluding steroid dienone is 5. The van der Waals surface area contributed by atoms with Crippen LogP contribution in [0.5, 0.6) is 0 Å². The van der Waals surface area contributed by atoms with E-state index >= 15 is 0 Å². The number of rotatable bonds is 0. The summed E-state index contributed by atoms with van der Waals surface area (Å²) in [6.07, 6.45) is 11.7. The molecule has 2 atom stereocenters. The van der Waals surface area contributed by atoms with Crippen molar-refractivity contribution in [3.8, 4) is 0 Å². The van der Waals surface area contributed by atoms with Crippen LogP contribution in [-0.2, 0) is 0 Å². The molecule has 2 aliphatic rings. The molecule has 0 N–H and O–H groups in total. The Balaban J connectivity index is 2.48. The quantitative estimate of drug-likeness (QED) is 0.534. The van der Waals surface area contributed by atoms with E-state index < -0.39 is 0 Å². The highest BCUT2D eigenvalue weighted by molar-refractivity contribution is 5.73. The summed E-state index contributed by atoms with van der Waals surface area (Å²) in [5.41, 5.74) is 2.85. The van der Waals surface area contributed by atoms with E-state index in [1.807, 2.05) is 12.3 Å². The third-order valence-electron chi connectivity index (χ3n) is 2.93. The fourth-order valence-electron chi connectivity index (χ4n) is 1.85. The zero-order valence-corrected chi connectivity index (χ0v) is 8.20. The summed E-state index contributed by atoms with van der Waals surface area (Å²) in [4.78, 5) is 4.46. The summed E-state index contributed by atoms with van der Waals surface area (Å²) < 4.78 is 0. The highest BCUT2D eigenvalue weighted by Gasteiger charge is 2.16. The number of fused-ring (bicyclic) bond motifs is 2. The van der Waals surface area contributed by atoms with Crippen molar-refractivity contribution < 1.29 is 0 Å². The lowest BCUT2D eigenvalue weighted by atomic mass is 9.94. The largest absolute Gasteiger partial charge is 0.286 e. The molecule has 0 saturated heterocycles. The lowest BCUT2D eigenvalue weighted by Gasteiger charge is -2.13. The molecule has 2 bridgehead atoms. The van der Waals surface area contributed by atoms with Crippen LogP contribution in [0.15, 0.2) is 40.4 Å². The Labute approximate surface area is 79.6 Å². The van der Waals surface area contributed by atoms with Gasteiger partial charge in [-0.1, -0.05) is 30.7 Å². The van der Waals surface area contributed by atoms with Crippen molar-refractivity contribution in [2.24, 2.45) is 10.9 Å². The van der Waals surface area contributed by atoms with Crippen LogP contribution in [0.1, 0.15) is 20.3 Å². The van der Waals surface area contributed by atoms with Crippen LogP contribution >= 0.6 is 0 Å². The molecule has 0 radical (unpaired) electrons. The van der Waals surface area contributed by atoms with Crippen LogP contribution in [0.2, 0.25) is 0 Å². The molecule has 0 fully saturated rings. The number of hydrogen-bond donors (Lipinski definition) is 0. The predicted octanol–water partition coefficient (Wildman–Crippen LogP) is 2.91. The molecular weight excluding hydrogens is 158 g/mol. The van der Waals surface area contributed by atoms with Crippen molar-refractivity contribution in [3.05, 3.63) is 35.5 Å². The first kappa shape index (κ1) is 8.49. The Morgan fingerprint density at radius 2 is 2.23 bits per heavy atom. The maximum Gasteiger partial charge on any atom is 0.0688 e. The minimum atomic E-state index is 0.382. The number of hydrogen-bond acceptors (Lipinski definition) is 1. The summed E-state index contributed by atoms with van der Waals surface area (Å²) in [6.45, 7) is 4.51. The Bertz CT molecular complexity index is 318. The molecule has 68 valence electrons. The Morgan fingerprint density at radius 3 is 3.08 bits per heavy atom. The maximum absolute atomic E-state index is 4.46. The summed E-state index contributed by atoms with van der Waals surface area (Å²) in [7, 11) is 0. The van der Waals surface area contributed by atoms with E-state index in [9.17, 15) is 0 Å². The molecule has 0 aromatic heterocycles. The molecule has 1 aliphatic heterocycles. The van der Waals surface area contributed by atoms with E-state index in [1.165, 1.54) is 11.1 Å². The predicted molar refractivity (Wildman–Crippen MR) is 57.0 cm³/mol. The zero-order valence-electron chi connectivity index (χ0n) is 8.20. The molecule has 2 rings (SSSR count). The van der Waals surface area contributed by atoms with Gasteiger partial charge in [-0.2, -0.15) is 0 Å². The van der Waals surface area contributed by atoms with Crippen molar-refractivity contribution in [2.75, 3.05) is 0 Å². The SMILES string of the molecule is CC1=C2C=CC=NC(C=C2)CC1C. The Kier molecular flexibility index (Phi) is 2.17. The second-order valence-corrected chi connectivity index (χ2v) is 3.86. The topological polar surface area (TPSA) is 12.4 Å². The Hall–Kier alpha value is -1.11. The van der Waals surface area contributed by atoms with Gasteiger partial charge < -0.3 is 0 Å². The zero-order chi connectivity index (χ0) is 9.26. The maximum atomic E-state index is 4.46. The fraction of sp³-hybridized carbons (Fsp3) is 0.417. The van der Waals surface area contributed by atoms with Gasteiger partial charge in [0.25, 0.3) is 0 Å². The highest BCUT2D eigenvalue weighted by atomic mass is 14.8. The van der Waals surface area contributed by atoms with Crippen molar-refractivity contribution in [1.82, 2.24) is 0 Å². The Morgan fingerprint density at radius 1 is 1.38 bits per heavy atom. The van der Waals surface area contributed by atoms with Crippen LogP contribution in [0, 0.1) is 5.92 Å². The van der Waals surface area contributed by atoms with Crippen LogP contribution in [0.4, 0.5) is 0 Å². The smallest absolute Gasteiger partial charge is 0.0688 e. The van der Waals surface area contributed by atoms with Gasteiger partial charge in [0.15, 0.2) is 0 Å². The lowest BCUT2D eigenvalue weighted by Crippen LogP contribution is -2.06. The molecule has 13 heavy (non-hydrogen) atoms. The normalized spacial score (nSPS) is 31.8. The monoisotopic (exact) mass is 173 g/mol. The van der Waals surface area contributed by atoms with Crippen LogP contribution in [0.25, 0.3) is 0 Å². The van der Waals surface area contributed by atoms with Crippen LogP contribution in [-0.4, -0.2) is 12.3 Å². The molecule has 0 aromatic rings. The summed E-state index contributed by atoms with van der Waals surface area (Å²) in [5, 5.41) is 0. The van der Waals surface area contributed by atoms with Gasteiger partial charge in [0.1, 0.15) is 0 Å². The first-order valence-electron chi connectivity index (χ1n) is 4.86. The second-order valence-electron chi connectivity index (χ2n) is 3.86. The van der Waals surface area contributed by atoms with E-state index in [4.69, 9.17) is 0 Å². The van der Waals surface area contributed by atoms with Gasteiger partial charge in [-0.3, -0.25) is 4.99 Å². The van der Waals surface area contributed by atoms with Gasteiger partial charge in [0, 0.05) is 6.21 Å². The average Bonchev–Trinajstić information content (AvgIpc) is 2.15. The van der Waals surface area contributed by atoms with Gasteiger partial charge in [-0.05, 0) is 30.9 Å². The van der Waals surface area contributed by atoms with Crippen molar-refractivity contribution in [1.29, 1.82) is 0 Å². The van der Waals surface area contributed by atoms with Gasteiger partial charge in [0.2, 0.25) is 0 Å². The molecule has 0 amide bonds. The molecule has 0 saturated carbocycles. The van der Waals surface area contributed by atoms with Gasteiger partial charge in [-0.25, -0.2) is 0 Å². The van der Waals surface area contributed by atoms with E-state index in [1.54, 1.807) is 0 Å². The second kappa shape index (κ2) is 3.33. The highest BCUT2D eigenvalue weighted by Crippen LogP contribution is 2.27. The van der Waals surface area contributed by atoms with Crippen LogP contribution < -0.4 is 0 Å². The minimum Gasteiger partial charge on any atom is -0.286 e. The third-order valence-corrected chi connectivity index (χ3v) is 2.93. The van der Waals surface area contributed by atoms with Gasteiger partial charge in [-0.15, -0.1) is 0 Å². The molecule has 1 nitrogen and oxygen atoms in total. The molecule has 2 unspecified atom stereocenters. The molecular formula is C12H15N. The van der Waals surface area contributed by atoms with E-state index in [-0.39, 0.29) is 0 Å². The summed E-state index contributed by atoms with van der Waals surface area (Å²) in [5.74, 6) is 0.648. The average molecular weight is 173 g/mol. The first-order chi connectivity index (χ1) is 6.27. The summed E-state index contributed by atoms with van der Waals surface area (Å²) in [6, 6.07) is 0.382. The molecule has 0 spiro atoms. The van der Waals surface area contributed by atoms with Crippen molar-refractivity contribution in [2.45, 2.75) is 26.3 Å². The first-order valence-corrected chi connectivity index (χ1v) is 4.86. The molecule has 1 heterocycles. The number of aliphatic imine (C=N–C) groups is 1.